The van der Waals surface area contributed by atoms with Crippen molar-refractivity contribution in [2.75, 3.05) is 6.61 Å². The lowest BCUT2D eigenvalue weighted by atomic mass is 9.93. The lowest BCUT2D eigenvalue weighted by Gasteiger charge is -2.47. The Labute approximate surface area is 139 Å². The van der Waals surface area contributed by atoms with E-state index in [1.165, 1.54) is 0 Å². The summed E-state index contributed by atoms with van der Waals surface area (Å²) in [5.41, 5.74) is -1.56. The van der Waals surface area contributed by atoms with Gasteiger partial charge in [-0.15, -0.1) is 0 Å². The minimum absolute atomic E-state index is 0.0385. The van der Waals surface area contributed by atoms with E-state index in [0.717, 1.165) is 5.56 Å². The monoisotopic (exact) mass is 341 g/mol. The average molecular weight is 341 g/mol. The van der Waals surface area contributed by atoms with Crippen LogP contribution in [0.2, 0.25) is 0 Å². The molecule has 5 N–H and O–H groups in total. The van der Waals surface area contributed by atoms with E-state index in [4.69, 9.17) is 9.47 Å². The standard InChI is InChI=1S/C16H23NO7/c1-2-12(19)17-16(22)14(21)13(20)11(8-18)24-15(16)23-9-10-6-4-3-5-7-10/h3-7,11,13-15,18,20-22H,2,8-9H2,1H3,(H,17,19)/t11-,13-,14+,15+,16-/m1/s1. The van der Waals surface area contributed by atoms with Crippen molar-refractivity contribution >= 4 is 5.91 Å². The molecule has 0 spiro atoms. The van der Waals surface area contributed by atoms with Crippen LogP contribution in [0.4, 0.5) is 0 Å². The van der Waals surface area contributed by atoms with Gasteiger partial charge >= 0.3 is 0 Å². The first-order valence-electron chi connectivity index (χ1n) is 7.73. The van der Waals surface area contributed by atoms with Crippen LogP contribution in [-0.4, -0.2) is 63.3 Å². The van der Waals surface area contributed by atoms with E-state index in [0.29, 0.717) is 0 Å². The van der Waals surface area contributed by atoms with Crippen LogP contribution in [0.15, 0.2) is 30.3 Å². The maximum absolute atomic E-state index is 11.7. The Bertz CT molecular complexity index is 540. The topological polar surface area (TPSA) is 128 Å². The molecule has 1 fully saturated rings. The third kappa shape index (κ3) is 3.92. The summed E-state index contributed by atoms with van der Waals surface area (Å²) in [5, 5.41) is 42.4. The summed E-state index contributed by atoms with van der Waals surface area (Å²) in [6.07, 6.45) is -5.95. The van der Waals surface area contributed by atoms with Crippen molar-refractivity contribution < 1.29 is 34.7 Å². The highest BCUT2D eigenvalue weighted by atomic mass is 16.7. The van der Waals surface area contributed by atoms with Gasteiger partial charge in [0.2, 0.25) is 17.9 Å². The van der Waals surface area contributed by atoms with Gasteiger partial charge in [0, 0.05) is 6.42 Å². The molecule has 8 heteroatoms. The molecule has 0 aliphatic carbocycles. The molecule has 1 heterocycles. The summed E-state index contributed by atoms with van der Waals surface area (Å²) in [4.78, 5) is 11.7. The van der Waals surface area contributed by atoms with Crippen LogP contribution in [0.3, 0.4) is 0 Å². The number of aliphatic hydroxyl groups excluding tert-OH is 3. The number of hydrogen-bond donors (Lipinski definition) is 5. The zero-order chi connectivity index (χ0) is 17.7. The number of benzene rings is 1. The van der Waals surface area contributed by atoms with E-state index in [9.17, 15) is 25.2 Å². The summed E-state index contributed by atoms with van der Waals surface area (Å²) in [6.45, 7) is 1.03. The van der Waals surface area contributed by atoms with Crippen molar-refractivity contribution in [3.63, 3.8) is 0 Å². The summed E-state index contributed by atoms with van der Waals surface area (Å²) in [6, 6.07) is 9.03. The summed E-state index contributed by atoms with van der Waals surface area (Å²) < 4.78 is 10.9. The van der Waals surface area contributed by atoms with Gasteiger partial charge in [0.25, 0.3) is 0 Å². The number of hydrogen-bond acceptors (Lipinski definition) is 7. The van der Waals surface area contributed by atoms with E-state index in [1.54, 1.807) is 31.2 Å². The number of carbonyl (C=O) groups is 1. The highest BCUT2D eigenvalue weighted by Gasteiger charge is 2.56. The van der Waals surface area contributed by atoms with Gasteiger partial charge in [-0.2, -0.15) is 0 Å². The van der Waals surface area contributed by atoms with Gasteiger partial charge < -0.3 is 35.2 Å². The van der Waals surface area contributed by atoms with E-state index in [1.807, 2.05) is 6.07 Å². The van der Waals surface area contributed by atoms with Crippen LogP contribution < -0.4 is 5.32 Å². The van der Waals surface area contributed by atoms with Gasteiger partial charge in [-0.1, -0.05) is 37.3 Å². The molecular weight excluding hydrogens is 318 g/mol. The predicted molar refractivity (Wildman–Crippen MR) is 82.4 cm³/mol. The SMILES string of the molecule is CCC(=O)N[C@]1(O)[C@@H](OCc2ccccc2)O[C@H](CO)[C@@H](O)[C@@H]1O. The Morgan fingerprint density at radius 2 is 2.00 bits per heavy atom. The highest BCUT2D eigenvalue weighted by Crippen LogP contribution is 2.29. The number of aliphatic hydroxyl groups is 4. The molecule has 1 aliphatic rings. The lowest BCUT2D eigenvalue weighted by molar-refractivity contribution is -0.350. The molecule has 5 atom stereocenters. The van der Waals surface area contributed by atoms with Crippen LogP contribution in [0, 0.1) is 0 Å². The fourth-order valence-corrected chi connectivity index (χ4v) is 2.45. The van der Waals surface area contributed by atoms with E-state index in [2.05, 4.69) is 5.32 Å². The molecular formula is C16H23NO7. The van der Waals surface area contributed by atoms with Crippen molar-refractivity contribution in [3.05, 3.63) is 35.9 Å². The predicted octanol–water partition coefficient (Wildman–Crippen LogP) is -1.14. The molecule has 24 heavy (non-hydrogen) atoms. The van der Waals surface area contributed by atoms with Crippen molar-refractivity contribution in [2.45, 2.75) is 50.3 Å². The third-order valence-electron chi connectivity index (χ3n) is 3.90. The number of rotatable bonds is 6. The quantitative estimate of drug-likeness (QED) is 0.414. The molecule has 1 aromatic carbocycles. The number of carbonyl (C=O) groups excluding carboxylic acids is 1. The number of nitrogens with one attached hydrogen (secondary N) is 1. The summed E-state index contributed by atoms with van der Waals surface area (Å²) in [5.74, 6) is -0.553. The third-order valence-corrected chi connectivity index (χ3v) is 3.90. The molecule has 1 saturated heterocycles. The molecule has 0 radical (unpaired) electrons. The Kier molecular flexibility index (Phi) is 6.27. The molecule has 134 valence electrons. The smallest absolute Gasteiger partial charge is 0.222 e. The molecule has 0 unspecified atom stereocenters. The lowest BCUT2D eigenvalue weighted by Crippen LogP contribution is -2.73. The molecule has 2 rings (SSSR count). The Morgan fingerprint density at radius 1 is 1.33 bits per heavy atom. The van der Waals surface area contributed by atoms with Crippen LogP contribution in [0.1, 0.15) is 18.9 Å². The molecule has 0 bridgehead atoms. The normalized spacial score (nSPS) is 33.2. The second kappa shape index (κ2) is 8.02. The molecule has 1 aliphatic heterocycles. The molecule has 1 aromatic rings. The first-order chi connectivity index (χ1) is 11.4. The Balaban J connectivity index is 2.19. The van der Waals surface area contributed by atoms with Gasteiger partial charge in [0.05, 0.1) is 13.2 Å². The van der Waals surface area contributed by atoms with Gasteiger partial charge in [-0.25, -0.2) is 0 Å². The minimum atomic E-state index is -2.34. The average Bonchev–Trinajstić information content (AvgIpc) is 2.60. The van der Waals surface area contributed by atoms with Crippen LogP contribution in [0.5, 0.6) is 0 Å². The van der Waals surface area contributed by atoms with Crippen molar-refractivity contribution in [2.24, 2.45) is 0 Å². The zero-order valence-corrected chi connectivity index (χ0v) is 13.3. The Hall–Kier alpha value is -1.55. The van der Waals surface area contributed by atoms with Gasteiger partial charge in [-0.05, 0) is 5.56 Å². The maximum Gasteiger partial charge on any atom is 0.222 e. The fraction of sp³-hybridized carbons (Fsp3) is 0.562. The second-order valence-corrected chi connectivity index (χ2v) is 5.65. The van der Waals surface area contributed by atoms with E-state index >= 15 is 0 Å². The summed E-state index contributed by atoms with van der Waals surface area (Å²) in [7, 11) is 0. The van der Waals surface area contributed by atoms with Crippen molar-refractivity contribution in [1.29, 1.82) is 0 Å². The van der Waals surface area contributed by atoms with Crippen LogP contribution in [-0.2, 0) is 20.9 Å². The molecule has 0 aromatic heterocycles. The van der Waals surface area contributed by atoms with Crippen molar-refractivity contribution in [3.8, 4) is 0 Å². The minimum Gasteiger partial charge on any atom is -0.394 e. The van der Waals surface area contributed by atoms with Crippen LogP contribution >= 0.6 is 0 Å². The van der Waals surface area contributed by atoms with Crippen molar-refractivity contribution in [1.82, 2.24) is 5.32 Å². The largest absolute Gasteiger partial charge is 0.394 e. The second-order valence-electron chi connectivity index (χ2n) is 5.65. The summed E-state index contributed by atoms with van der Waals surface area (Å²) >= 11 is 0. The van der Waals surface area contributed by atoms with Crippen LogP contribution in [0.25, 0.3) is 0 Å². The van der Waals surface area contributed by atoms with Gasteiger partial charge in [0.15, 0.2) is 0 Å². The van der Waals surface area contributed by atoms with Gasteiger partial charge in [0.1, 0.15) is 18.3 Å². The maximum atomic E-state index is 11.7. The molecule has 0 saturated carbocycles. The Morgan fingerprint density at radius 3 is 2.58 bits per heavy atom. The number of ether oxygens (including phenoxy) is 2. The fourth-order valence-electron chi connectivity index (χ4n) is 2.45. The van der Waals surface area contributed by atoms with E-state index < -0.39 is 42.8 Å². The molecule has 8 nitrogen and oxygen atoms in total. The van der Waals surface area contributed by atoms with Gasteiger partial charge in [-0.3, -0.25) is 4.79 Å². The first kappa shape index (κ1) is 18.8. The first-order valence-corrected chi connectivity index (χ1v) is 7.73. The zero-order valence-electron chi connectivity index (χ0n) is 13.3. The van der Waals surface area contributed by atoms with E-state index in [-0.39, 0.29) is 13.0 Å². The highest BCUT2D eigenvalue weighted by molar-refractivity contribution is 5.76. The number of amides is 1. The molecule has 1 amide bonds.